The van der Waals surface area contributed by atoms with Crippen LogP contribution in [-0.2, 0) is 17.6 Å². The molecule has 0 saturated carbocycles. The van der Waals surface area contributed by atoms with E-state index in [1.807, 2.05) is 72.2 Å². The molecule has 0 radical (unpaired) electrons. The normalized spacial score (nSPS) is 13.4. The summed E-state index contributed by atoms with van der Waals surface area (Å²) in [6.45, 7) is 1.82. The molecule has 0 saturated heterocycles. The van der Waals surface area contributed by atoms with Crippen LogP contribution in [0, 0.1) is 0 Å². The Kier molecular flexibility index (Phi) is 6.21. The van der Waals surface area contributed by atoms with Gasteiger partial charge in [0.05, 0.1) is 10.8 Å². The number of thiophene rings is 1. The summed E-state index contributed by atoms with van der Waals surface area (Å²) in [6, 6.07) is 19.7. The van der Waals surface area contributed by atoms with Crippen LogP contribution in [0.5, 0.6) is 0 Å². The van der Waals surface area contributed by atoms with Gasteiger partial charge in [-0.3, -0.25) is 14.2 Å². The van der Waals surface area contributed by atoms with Gasteiger partial charge in [0.25, 0.3) is 5.91 Å². The van der Waals surface area contributed by atoms with Crippen molar-refractivity contribution in [2.45, 2.75) is 36.6 Å². The van der Waals surface area contributed by atoms with Gasteiger partial charge < -0.3 is 11.1 Å². The molecule has 7 nitrogen and oxygen atoms in total. The van der Waals surface area contributed by atoms with E-state index in [2.05, 4.69) is 15.5 Å². The molecule has 2 aromatic carbocycles. The van der Waals surface area contributed by atoms with Crippen LogP contribution in [-0.4, -0.2) is 31.8 Å². The van der Waals surface area contributed by atoms with E-state index in [0.29, 0.717) is 21.5 Å². The minimum absolute atomic E-state index is 0.212. The molecule has 4 aromatic rings. The van der Waals surface area contributed by atoms with Gasteiger partial charge in [0.1, 0.15) is 5.00 Å². The van der Waals surface area contributed by atoms with Gasteiger partial charge in [0.15, 0.2) is 11.0 Å². The van der Waals surface area contributed by atoms with Crippen molar-refractivity contribution in [1.29, 1.82) is 0 Å². The quantitative estimate of drug-likeness (QED) is 0.366. The van der Waals surface area contributed by atoms with Gasteiger partial charge in [-0.15, -0.1) is 21.5 Å². The maximum absolute atomic E-state index is 13.1. The fourth-order valence-electron chi connectivity index (χ4n) is 4.11. The number of nitrogens with two attached hydrogens (primary N) is 1. The molecule has 2 amide bonds. The number of fused-ring (bicyclic) bond motifs is 1. The summed E-state index contributed by atoms with van der Waals surface area (Å²) in [5.41, 5.74) is 8.93. The number of benzene rings is 2. The van der Waals surface area contributed by atoms with E-state index in [0.717, 1.165) is 41.0 Å². The third-order valence-electron chi connectivity index (χ3n) is 5.74. The minimum Gasteiger partial charge on any atom is -0.365 e. The molecule has 9 heteroatoms. The van der Waals surface area contributed by atoms with E-state index in [1.165, 1.54) is 23.1 Å². The number of aromatic nitrogens is 3. The van der Waals surface area contributed by atoms with Crippen LogP contribution in [0.2, 0.25) is 0 Å². The van der Waals surface area contributed by atoms with E-state index in [9.17, 15) is 9.59 Å². The molecule has 2 aromatic heterocycles. The fourth-order valence-corrected chi connectivity index (χ4v) is 6.27. The van der Waals surface area contributed by atoms with E-state index >= 15 is 0 Å². The first-order chi connectivity index (χ1) is 16.5. The first kappa shape index (κ1) is 22.4. The second-order valence-corrected chi connectivity index (χ2v) is 10.4. The summed E-state index contributed by atoms with van der Waals surface area (Å²) in [4.78, 5) is 26.3. The minimum atomic E-state index is -0.494. The second kappa shape index (κ2) is 9.44. The second-order valence-electron chi connectivity index (χ2n) is 8.02. The van der Waals surface area contributed by atoms with Crippen molar-refractivity contribution in [2.75, 3.05) is 5.32 Å². The third kappa shape index (κ3) is 4.24. The Labute approximate surface area is 205 Å². The highest BCUT2D eigenvalue weighted by Crippen LogP contribution is 2.39. The zero-order valence-corrected chi connectivity index (χ0v) is 20.2. The third-order valence-corrected chi connectivity index (χ3v) is 7.99. The van der Waals surface area contributed by atoms with Crippen molar-refractivity contribution in [3.05, 3.63) is 76.7 Å². The highest BCUT2D eigenvalue weighted by Gasteiger charge is 2.28. The number of para-hydroxylation sites is 1. The van der Waals surface area contributed by atoms with Crippen LogP contribution in [0.25, 0.3) is 17.1 Å². The van der Waals surface area contributed by atoms with Crippen molar-refractivity contribution < 1.29 is 9.59 Å². The van der Waals surface area contributed by atoms with Crippen molar-refractivity contribution in [1.82, 2.24) is 14.8 Å². The lowest BCUT2D eigenvalue weighted by molar-refractivity contribution is -0.115. The van der Waals surface area contributed by atoms with Gasteiger partial charge in [-0.2, -0.15) is 0 Å². The molecule has 0 spiro atoms. The Balaban J connectivity index is 1.42. The summed E-state index contributed by atoms with van der Waals surface area (Å²) >= 11 is 2.77. The van der Waals surface area contributed by atoms with Gasteiger partial charge in [-0.05, 0) is 43.9 Å². The number of carbonyl (C=O) groups excluding carboxylic acids is 2. The Morgan fingerprint density at radius 2 is 1.76 bits per heavy atom. The molecule has 1 aliphatic rings. The zero-order chi connectivity index (χ0) is 23.7. The van der Waals surface area contributed by atoms with Crippen molar-refractivity contribution in [3.63, 3.8) is 0 Å². The van der Waals surface area contributed by atoms with Gasteiger partial charge >= 0.3 is 0 Å². The molecule has 0 bridgehead atoms. The lowest BCUT2D eigenvalue weighted by Gasteiger charge is -2.14. The summed E-state index contributed by atoms with van der Waals surface area (Å²) in [5, 5.41) is 12.5. The van der Waals surface area contributed by atoms with Crippen LogP contribution in [0.15, 0.2) is 65.8 Å². The Morgan fingerprint density at radius 1 is 1.06 bits per heavy atom. The smallest absolute Gasteiger partial charge is 0.251 e. The lowest BCUT2D eigenvalue weighted by Crippen LogP contribution is -2.24. The number of hydrogen-bond donors (Lipinski definition) is 2. The number of aryl methyl sites for hydroxylation is 1. The van der Waals surface area contributed by atoms with Crippen LogP contribution >= 0.6 is 23.1 Å². The molecular formula is C25H23N5O2S2. The largest absolute Gasteiger partial charge is 0.365 e. The SMILES string of the molecule is C[C@@H](Sc1nnc(-c2ccccc2)n1-c1ccccc1)C(=O)Nc1sc2c(c1C(N)=O)CCC2. The maximum Gasteiger partial charge on any atom is 0.251 e. The van der Waals surface area contributed by atoms with Gasteiger partial charge in [-0.1, -0.05) is 60.3 Å². The monoisotopic (exact) mass is 489 g/mol. The number of carbonyl (C=O) groups is 2. The standard InChI is InChI=1S/C25H23N5O2S2/c1-15(23(32)27-24-20(21(26)31)18-13-8-14-19(18)34-24)33-25-29-28-22(16-9-4-2-5-10-16)30(25)17-11-6-3-7-12-17/h2-7,9-12,15H,8,13-14H2,1H3,(H2,26,31)(H,27,32)/t15-/m1/s1. The summed E-state index contributed by atoms with van der Waals surface area (Å²) < 4.78 is 1.96. The number of primary amides is 1. The number of nitrogens with one attached hydrogen (secondary N) is 1. The number of amides is 2. The molecule has 0 fully saturated rings. The molecule has 2 heterocycles. The Morgan fingerprint density at radius 3 is 2.47 bits per heavy atom. The summed E-state index contributed by atoms with van der Waals surface area (Å²) in [7, 11) is 0. The molecule has 1 atom stereocenters. The van der Waals surface area contributed by atoms with Crippen LogP contribution in [0.1, 0.15) is 34.1 Å². The molecule has 0 unspecified atom stereocenters. The average Bonchev–Trinajstić information content (AvgIpc) is 3.54. The lowest BCUT2D eigenvalue weighted by atomic mass is 10.1. The number of hydrogen-bond acceptors (Lipinski definition) is 6. The molecule has 3 N–H and O–H groups in total. The van der Waals surface area contributed by atoms with Crippen molar-refractivity contribution in [2.24, 2.45) is 5.73 Å². The Hall–Kier alpha value is -3.43. The molecule has 34 heavy (non-hydrogen) atoms. The summed E-state index contributed by atoms with van der Waals surface area (Å²) in [6.07, 6.45) is 2.76. The number of rotatable bonds is 7. The van der Waals surface area contributed by atoms with Crippen LogP contribution in [0.4, 0.5) is 5.00 Å². The van der Waals surface area contributed by atoms with E-state index in [-0.39, 0.29) is 5.91 Å². The molecule has 1 aliphatic carbocycles. The zero-order valence-electron chi connectivity index (χ0n) is 18.5. The average molecular weight is 490 g/mol. The number of anilines is 1. The molecule has 172 valence electrons. The van der Waals surface area contributed by atoms with Crippen LogP contribution < -0.4 is 11.1 Å². The molecule has 5 rings (SSSR count). The first-order valence-electron chi connectivity index (χ1n) is 11.0. The highest BCUT2D eigenvalue weighted by molar-refractivity contribution is 8.00. The topological polar surface area (TPSA) is 103 Å². The van der Waals surface area contributed by atoms with Gasteiger partial charge in [-0.25, -0.2) is 0 Å². The van der Waals surface area contributed by atoms with E-state index in [1.54, 1.807) is 0 Å². The molecular weight excluding hydrogens is 466 g/mol. The fraction of sp³-hybridized carbons (Fsp3) is 0.200. The van der Waals surface area contributed by atoms with Crippen molar-refractivity contribution in [3.8, 4) is 17.1 Å². The van der Waals surface area contributed by atoms with E-state index in [4.69, 9.17) is 5.73 Å². The highest BCUT2D eigenvalue weighted by atomic mass is 32.2. The van der Waals surface area contributed by atoms with Crippen LogP contribution in [0.3, 0.4) is 0 Å². The van der Waals surface area contributed by atoms with E-state index < -0.39 is 11.2 Å². The van der Waals surface area contributed by atoms with Gasteiger partial charge in [0.2, 0.25) is 5.91 Å². The number of nitrogens with zero attached hydrogens (tertiary/aromatic N) is 3. The first-order valence-corrected chi connectivity index (χ1v) is 12.7. The number of thioether (sulfide) groups is 1. The van der Waals surface area contributed by atoms with Crippen molar-refractivity contribution >= 4 is 39.9 Å². The molecule has 0 aliphatic heterocycles. The van der Waals surface area contributed by atoms with Gasteiger partial charge in [0, 0.05) is 16.1 Å². The predicted octanol–water partition coefficient (Wildman–Crippen LogP) is 4.70. The summed E-state index contributed by atoms with van der Waals surface area (Å²) in [5.74, 6) is -0.00442. The predicted molar refractivity (Wildman–Crippen MR) is 136 cm³/mol. The maximum atomic E-state index is 13.1. The Bertz CT molecular complexity index is 1350.